The molecule has 0 aliphatic carbocycles. The average Bonchev–Trinajstić information content (AvgIpc) is 2.58. The second-order valence-electron chi connectivity index (χ2n) is 5.40. The highest BCUT2D eigenvalue weighted by atomic mass is 16.5. The van der Waals surface area contributed by atoms with Gasteiger partial charge in [0, 0.05) is 5.56 Å². The predicted molar refractivity (Wildman–Crippen MR) is 93.9 cm³/mol. The van der Waals surface area contributed by atoms with Gasteiger partial charge in [-0.2, -0.15) is 0 Å². The standard InChI is InChI=1S/C20H25NO/c1-3-5-9-17-12-14-19(15-13-17)21-20(22-16-4-2)18-10-7-6-8-11-18/h6-8,10-15H,3-5,9,16H2,1-2H3. The van der Waals surface area contributed by atoms with Crippen LogP contribution in [0, 0.1) is 0 Å². The summed E-state index contributed by atoms with van der Waals surface area (Å²) in [6, 6.07) is 18.6. The Hall–Kier alpha value is -2.09. The number of aryl methyl sites for hydroxylation is 1. The Morgan fingerprint density at radius 2 is 1.64 bits per heavy atom. The van der Waals surface area contributed by atoms with Crippen LogP contribution in [0.5, 0.6) is 0 Å². The molecule has 0 unspecified atom stereocenters. The van der Waals surface area contributed by atoms with Crippen LogP contribution in [0.1, 0.15) is 44.2 Å². The van der Waals surface area contributed by atoms with E-state index in [0.29, 0.717) is 12.5 Å². The molecule has 0 bridgehead atoms. The van der Waals surface area contributed by atoms with Crippen molar-refractivity contribution in [2.45, 2.75) is 39.5 Å². The number of aliphatic imine (C=N–C) groups is 1. The molecular formula is C20H25NO. The second-order valence-corrected chi connectivity index (χ2v) is 5.40. The van der Waals surface area contributed by atoms with Gasteiger partial charge in [-0.05, 0) is 49.1 Å². The van der Waals surface area contributed by atoms with Gasteiger partial charge < -0.3 is 4.74 Å². The number of unbranched alkanes of at least 4 members (excludes halogenated alkanes) is 1. The van der Waals surface area contributed by atoms with Gasteiger partial charge in [0.2, 0.25) is 5.90 Å². The molecule has 0 fully saturated rings. The number of hydrogen-bond donors (Lipinski definition) is 0. The van der Waals surface area contributed by atoms with E-state index in [-0.39, 0.29) is 0 Å². The fourth-order valence-corrected chi connectivity index (χ4v) is 2.19. The van der Waals surface area contributed by atoms with E-state index in [9.17, 15) is 0 Å². The number of rotatable bonds is 7. The van der Waals surface area contributed by atoms with Crippen molar-refractivity contribution >= 4 is 11.6 Å². The van der Waals surface area contributed by atoms with Gasteiger partial charge in [0.25, 0.3) is 0 Å². The molecule has 2 aromatic rings. The Kier molecular flexibility index (Phi) is 6.69. The fraction of sp³-hybridized carbons (Fsp3) is 0.350. The first kappa shape index (κ1) is 16.3. The van der Waals surface area contributed by atoms with Crippen LogP contribution < -0.4 is 0 Å². The van der Waals surface area contributed by atoms with Crippen LogP contribution in [0.15, 0.2) is 59.6 Å². The molecule has 2 rings (SSSR count). The molecule has 2 nitrogen and oxygen atoms in total. The van der Waals surface area contributed by atoms with E-state index in [1.165, 1.54) is 18.4 Å². The molecule has 0 saturated carbocycles. The van der Waals surface area contributed by atoms with Crippen molar-refractivity contribution in [1.82, 2.24) is 0 Å². The lowest BCUT2D eigenvalue weighted by Crippen LogP contribution is -2.07. The van der Waals surface area contributed by atoms with Crippen LogP contribution in [0.4, 0.5) is 5.69 Å². The van der Waals surface area contributed by atoms with Crippen LogP contribution in [0.3, 0.4) is 0 Å². The van der Waals surface area contributed by atoms with Gasteiger partial charge in [0.1, 0.15) is 0 Å². The predicted octanol–water partition coefficient (Wildman–Crippen LogP) is 5.53. The summed E-state index contributed by atoms with van der Waals surface area (Å²) in [5.41, 5.74) is 3.33. The van der Waals surface area contributed by atoms with Crippen LogP contribution >= 0.6 is 0 Å². The van der Waals surface area contributed by atoms with Gasteiger partial charge in [0.05, 0.1) is 12.3 Å². The summed E-state index contributed by atoms with van der Waals surface area (Å²) in [5.74, 6) is 0.698. The van der Waals surface area contributed by atoms with E-state index in [4.69, 9.17) is 4.74 Å². The quantitative estimate of drug-likeness (QED) is 0.486. The summed E-state index contributed by atoms with van der Waals surface area (Å²) in [6.07, 6.45) is 4.57. The third-order valence-corrected chi connectivity index (χ3v) is 3.45. The molecule has 0 aliphatic rings. The number of ether oxygens (including phenoxy) is 1. The molecule has 0 aliphatic heterocycles. The zero-order valence-electron chi connectivity index (χ0n) is 13.6. The molecule has 0 spiro atoms. The number of nitrogens with zero attached hydrogens (tertiary/aromatic N) is 1. The zero-order chi connectivity index (χ0) is 15.6. The Labute approximate surface area is 133 Å². The molecule has 0 atom stereocenters. The molecule has 0 N–H and O–H groups in total. The van der Waals surface area contributed by atoms with Crippen molar-refractivity contribution in [3.05, 3.63) is 65.7 Å². The van der Waals surface area contributed by atoms with Gasteiger partial charge in [-0.15, -0.1) is 0 Å². The highest BCUT2D eigenvalue weighted by Gasteiger charge is 2.04. The summed E-state index contributed by atoms with van der Waals surface area (Å²) >= 11 is 0. The Bertz CT molecular complexity index is 572. The molecule has 0 amide bonds. The summed E-state index contributed by atoms with van der Waals surface area (Å²) in [5, 5.41) is 0. The summed E-state index contributed by atoms with van der Waals surface area (Å²) in [7, 11) is 0. The Balaban J connectivity index is 2.17. The van der Waals surface area contributed by atoms with Crippen molar-refractivity contribution in [3.63, 3.8) is 0 Å². The van der Waals surface area contributed by atoms with Gasteiger partial charge in [-0.3, -0.25) is 0 Å². The minimum absolute atomic E-state index is 0.683. The first-order valence-electron chi connectivity index (χ1n) is 8.19. The SMILES string of the molecule is CCCCc1ccc(N=C(OCCC)c2ccccc2)cc1. The normalized spacial score (nSPS) is 11.5. The van der Waals surface area contributed by atoms with Crippen LogP contribution in [-0.2, 0) is 11.2 Å². The average molecular weight is 295 g/mol. The lowest BCUT2D eigenvalue weighted by atomic mass is 10.1. The maximum absolute atomic E-state index is 5.83. The van der Waals surface area contributed by atoms with E-state index in [1.54, 1.807) is 0 Å². The van der Waals surface area contributed by atoms with Gasteiger partial charge in [0.15, 0.2) is 0 Å². The first-order chi connectivity index (χ1) is 10.8. The van der Waals surface area contributed by atoms with Crippen molar-refractivity contribution in [3.8, 4) is 0 Å². The van der Waals surface area contributed by atoms with Crippen LogP contribution in [0.25, 0.3) is 0 Å². The summed E-state index contributed by atoms with van der Waals surface area (Å²) in [6.45, 7) is 5.00. The van der Waals surface area contributed by atoms with Crippen LogP contribution in [0.2, 0.25) is 0 Å². The minimum atomic E-state index is 0.683. The van der Waals surface area contributed by atoms with Crippen molar-refractivity contribution in [1.29, 1.82) is 0 Å². The highest BCUT2D eigenvalue weighted by molar-refractivity contribution is 5.95. The Morgan fingerprint density at radius 3 is 2.27 bits per heavy atom. The monoisotopic (exact) mass is 295 g/mol. The topological polar surface area (TPSA) is 21.6 Å². The van der Waals surface area contributed by atoms with Crippen molar-refractivity contribution in [2.75, 3.05) is 6.61 Å². The molecule has 116 valence electrons. The molecule has 22 heavy (non-hydrogen) atoms. The molecule has 0 aromatic heterocycles. The van der Waals surface area contributed by atoms with E-state index < -0.39 is 0 Å². The molecule has 2 heteroatoms. The van der Waals surface area contributed by atoms with E-state index in [1.807, 2.05) is 30.3 Å². The van der Waals surface area contributed by atoms with Crippen molar-refractivity contribution in [2.24, 2.45) is 4.99 Å². The minimum Gasteiger partial charge on any atom is -0.477 e. The summed E-state index contributed by atoms with van der Waals surface area (Å²) in [4.78, 5) is 4.68. The maximum atomic E-state index is 5.83. The first-order valence-corrected chi connectivity index (χ1v) is 8.19. The highest BCUT2D eigenvalue weighted by Crippen LogP contribution is 2.17. The zero-order valence-corrected chi connectivity index (χ0v) is 13.6. The lowest BCUT2D eigenvalue weighted by molar-refractivity contribution is 0.306. The molecule has 2 aromatic carbocycles. The lowest BCUT2D eigenvalue weighted by Gasteiger charge is -2.09. The third-order valence-electron chi connectivity index (χ3n) is 3.45. The number of hydrogen-bond acceptors (Lipinski definition) is 2. The van der Waals surface area contributed by atoms with E-state index in [2.05, 4.69) is 43.1 Å². The van der Waals surface area contributed by atoms with Gasteiger partial charge >= 0.3 is 0 Å². The maximum Gasteiger partial charge on any atom is 0.221 e. The molecule has 0 radical (unpaired) electrons. The summed E-state index contributed by atoms with van der Waals surface area (Å²) < 4.78 is 5.83. The van der Waals surface area contributed by atoms with Gasteiger partial charge in [-0.25, -0.2) is 4.99 Å². The Morgan fingerprint density at radius 1 is 0.909 bits per heavy atom. The van der Waals surface area contributed by atoms with E-state index in [0.717, 1.165) is 24.1 Å². The second kappa shape index (κ2) is 9.04. The smallest absolute Gasteiger partial charge is 0.221 e. The fourth-order valence-electron chi connectivity index (χ4n) is 2.19. The van der Waals surface area contributed by atoms with Crippen LogP contribution in [-0.4, -0.2) is 12.5 Å². The molecule has 0 saturated heterocycles. The third kappa shape index (κ3) is 5.03. The van der Waals surface area contributed by atoms with Crippen molar-refractivity contribution < 1.29 is 4.74 Å². The molecule has 0 heterocycles. The van der Waals surface area contributed by atoms with Gasteiger partial charge in [-0.1, -0.05) is 50.6 Å². The number of benzene rings is 2. The largest absolute Gasteiger partial charge is 0.477 e. The molecular weight excluding hydrogens is 270 g/mol. The van der Waals surface area contributed by atoms with E-state index >= 15 is 0 Å².